The van der Waals surface area contributed by atoms with Gasteiger partial charge in [-0.05, 0) is 48.5 Å². The molecule has 1 N–H and O–H groups in total. The van der Waals surface area contributed by atoms with Gasteiger partial charge in [0.2, 0.25) is 0 Å². The molecule has 1 saturated heterocycles. The first kappa shape index (κ1) is 21.1. The van der Waals surface area contributed by atoms with Gasteiger partial charge < -0.3 is 19.5 Å². The number of benzene rings is 2. The third-order valence-electron chi connectivity index (χ3n) is 5.22. The van der Waals surface area contributed by atoms with E-state index in [4.69, 9.17) is 9.47 Å². The third kappa shape index (κ3) is 5.95. The van der Waals surface area contributed by atoms with Crippen molar-refractivity contribution in [1.82, 2.24) is 4.90 Å². The summed E-state index contributed by atoms with van der Waals surface area (Å²) in [6, 6.07) is 15.2. The van der Waals surface area contributed by atoms with E-state index in [1.54, 1.807) is 31.4 Å². The number of β-amino-alcohol motifs (C(OH)–C–C–N with tert-alkyl or cyclic N) is 1. The molecule has 29 heavy (non-hydrogen) atoms. The van der Waals surface area contributed by atoms with E-state index in [0.717, 1.165) is 31.9 Å². The van der Waals surface area contributed by atoms with Gasteiger partial charge in [0.15, 0.2) is 5.78 Å². The monoisotopic (exact) mass is 398 g/mol. The maximum Gasteiger partial charge on any atom is 0.162 e. The predicted octanol–water partition coefficient (Wildman–Crippen LogP) is 2.85. The second-order valence-corrected chi connectivity index (χ2v) is 7.25. The number of ketones is 1. The number of Topliss-reactive ketones (excluding diaryl/α,β-unsaturated/α-hetero) is 1. The van der Waals surface area contributed by atoms with Crippen molar-refractivity contribution in [3.63, 3.8) is 0 Å². The predicted molar refractivity (Wildman–Crippen MR) is 114 cm³/mol. The van der Waals surface area contributed by atoms with Crippen LogP contribution in [0.25, 0.3) is 0 Å². The Bertz CT molecular complexity index is 768. The number of piperazine rings is 1. The molecule has 0 aromatic heterocycles. The molecule has 1 atom stereocenters. The lowest BCUT2D eigenvalue weighted by Crippen LogP contribution is -2.49. The number of aliphatic hydroxyl groups is 1. The van der Waals surface area contributed by atoms with Crippen LogP contribution in [0.2, 0.25) is 0 Å². The van der Waals surface area contributed by atoms with Crippen molar-refractivity contribution in [1.29, 1.82) is 0 Å². The zero-order valence-electron chi connectivity index (χ0n) is 17.2. The minimum Gasteiger partial charge on any atom is -0.497 e. The molecule has 1 fully saturated rings. The van der Waals surface area contributed by atoms with Crippen LogP contribution >= 0.6 is 0 Å². The van der Waals surface area contributed by atoms with E-state index >= 15 is 0 Å². The highest BCUT2D eigenvalue weighted by Crippen LogP contribution is 2.20. The van der Waals surface area contributed by atoms with Gasteiger partial charge in [-0.1, -0.05) is 6.92 Å². The summed E-state index contributed by atoms with van der Waals surface area (Å²) in [4.78, 5) is 16.3. The normalized spacial score (nSPS) is 15.8. The van der Waals surface area contributed by atoms with Crippen LogP contribution in [0, 0.1) is 0 Å². The maximum absolute atomic E-state index is 11.7. The van der Waals surface area contributed by atoms with Crippen LogP contribution in [0.15, 0.2) is 48.5 Å². The zero-order chi connectivity index (χ0) is 20.6. The van der Waals surface area contributed by atoms with Crippen molar-refractivity contribution in [2.24, 2.45) is 0 Å². The van der Waals surface area contributed by atoms with Crippen molar-refractivity contribution in [3.05, 3.63) is 54.1 Å². The van der Waals surface area contributed by atoms with E-state index in [1.807, 2.05) is 19.1 Å². The number of anilines is 1. The highest BCUT2D eigenvalue weighted by atomic mass is 16.5. The first-order chi connectivity index (χ1) is 14.1. The van der Waals surface area contributed by atoms with Crippen LogP contribution < -0.4 is 14.4 Å². The molecule has 1 unspecified atom stereocenters. The standard InChI is InChI=1S/C23H30N2O4/c1-3-23(27)18-4-8-22(9-5-18)29-17-20(26)16-24-12-14-25(15-13-24)19-6-10-21(28-2)11-7-19/h4-11,20,26H,3,12-17H2,1-2H3. The lowest BCUT2D eigenvalue weighted by atomic mass is 10.1. The summed E-state index contributed by atoms with van der Waals surface area (Å²) < 4.78 is 10.9. The number of hydrogen-bond acceptors (Lipinski definition) is 6. The van der Waals surface area contributed by atoms with Crippen LogP contribution in [0.5, 0.6) is 11.5 Å². The number of nitrogens with zero attached hydrogens (tertiary/aromatic N) is 2. The fourth-order valence-corrected chi connectivity index (χ4v) is 3.47. The minimum absolute atomic E-state index is 0.116. The second kappa shape index (κ2) is 10.3. The minimum atomic E-state index is -0.556. The SMILES string of the molecule is CCC(=O)c1ccc(OCC(O)CN2CCN(c3ccc(OC)cc3)CC2)cc1. The molecule has 6 heteroatoms. The quantitative estimate of drug-likeness (QED) is 0.656. The number of ether oxygens (including phenoxy) is 2. The molecule has 0 amide bonds. The molecule has 6 nitrogen and oxygen atoms in total. The van der Waals surface area contributed by atoms with Crippen molar-refractivity contribution in [2.75, 3.05) is 51.3 Å². The van der Waals surface area contributed by atoms with E-state index in [9.17, 15) is 9.90 Å². The van der Waals surface area contributed by atoms with Gasteiger partial charge in [0.05, 0.1) is 7.11 Å². The number of methoxy groups -OCH3 is 1. The van der Waals surface area contributed by atoms with Crippen LogP contribution in [0.1, 0.15) is 23.7 Å². The van der Waals surface area contributed by atoms with Crippen LogP contribution in [-0.2, 0) is 0 Å². The molecular formula is C23H30N2O4. The van der Waals surface area contributed by atoms with Crippen LogP contribution in [0.4, 0.5) is 5.69 Å². The molecule has 0 aliphatic carbocycles. The van der Waals surface area contributed by atoms with Crippen molar-refractivity contribution in [3.8, 4) is 11.5 Å². The fourth-order valence-electron chi connectivity index (χ4n) is 3.47. The molecular weight excluding hydrogens is 368 g/mol. The molecule has 0 spiro atoms. The summed E-state index contributed by atoms with van der Waals surface area (Å²) >= 11 is 0. The van der Waals surface area contributed by atoms with Crippen molar-refractivity contribution < 1.29 is 19.4 Å². The second-order valence-electron chi connectivity index (χ2n) is 7.25. The Labute approximate surface area is 172 Å². The average Bonchev–Trinajstić information content (AvgIpc) is 2.78. The Kier molecular flexibility index (Phi) is 7.49. The Hall–Kier alpha value is -2.57. The van der Waals surface area contributed by atoms with Crippen LogP contribution in [-0.4, -0.2) is 68.3 Å². The smallest absolute Gasteiger partial charge is 0.162 e. The summed E-state index contributed by atoms with van der Waals surface area (Å²) in [5, 5.41) is 10.3. The molecule has 156 valence electrons. The average molecular weight is 399 g/mol. The molecule has 2 aromatic carbocycles. The summed E-state index contributed by atoms with van der Waals surface area (Å²) in [5.74, 6) is 1.65. The van der Waals surface area contributed by atoms with E-state index < -0.39 is 6.10 Å². The Morgan fingerprint density at radius 1 is 1.00 bits per heavy atom. The van der Waals surface area contributed by atoms with Gasteiger partial charge in [-0.2, -0.15) is 0 Å². The highest BCUT2D eigenvalue weighted by Gasteiger charge is 2.20. The largest absolute Gasteiger partial charge is 0.497 e. The lowest BCUT2D eigenvalue weighted by molar-refractivity contribution is 0.0663. The molecule has 0 saturated carbocycles. The van der Waals surface area contributed by atoms with E-state index in [2.05, 4.69) is 21.9 Å². The Balaban J connectivity index is 1.40. The van der Waals surface area contributed by atoms with E-state index in [1.165, 1.54) is 5.69 Å². The molecule has 1 aliphatic rings. The molecule has 3 rings (SSSR count). The van der Waals surface area contributed by atoms with Gasteiger partial charge in [-0.3, -0.25) is 9.69 Å². The molecule has 0 bridgehead atoms. The van der Waals surface area contributed by atoms with E-state index in [-0.39, 0.29) is 12.4 Å². The number of aliphatic hydroxyl groups excluding tert-OH is 1. The third-order valence-corrected chi connectivity index (χ3v) is 5.22. The molecule has 1 aliphatic heterocycles. The van der Waals surface area contributed by atoms with Crippen molar-refractivity contribution >= 4 is 11.5 Å². The first-order valence-electron chi connectivity index (χ1n) is 10.1. The molecule has 2 aromatic rings. The van der Waals surface area contributed by atoms with Gasteiger partial charge in [-0.15, -0.1) is 0 Å². The number of carbonyl (C=O) groups is 1. The Morgan fingerprint density at radius 3 is 2.21 bits per heavy atom. The molecule has 0 radical (unpaired) electrons. The number of carbonyl (C=O) groups excluding carboxylic acids is 1. The topological polar surface area (TPSA) is 62.2 Å². The first-order valence-corrected chi connectivity index (χ1v) is 10.1. The van der Waals surface area contributed by atoms with Gasteiger partial charge in [-0.25, -0.2) is 0 Å². The van der Waals surface area contributed by atoms with Gasteiger partial charge in [0.25, 0.3) is 0 Å². The van der Waals surface area contributed by atoms with Gasteiger partial charge in [0, 0.05) is 50.4 Å². The van der Waals surface area contributed by atoms with Crippen LogP contribution in [0.3, 0.4) is 0 Å². The van der Waals surface area contributed by atoms with E-state index in [0.29, 0.717) is 24.3 Å². The van der Waals surface area contributed by atoms with Gasteiger partial charge in [0.1, 0.15) is 24.2 Å². The fraction of sp³-hybridized carbons (Fsp3) is 0.435. The summed E-state index contributed by atoms with van der Waals surface area (Å²) in [6.45, 7) is 6.32. The summed E-state index contributed by atoms with van der Waals surface area (Å²) in [5.41, 5.74) is 1.88. The maximum atomic E-state index is 11.7. The highest BCUT2D eigenvalue weighted by molar-refractivity contribution is 5.95. The zero-order valence-corrected chi connectivity index (χ0v) is 17.2. The number of rotatable bonds is 9. The van der Waals surface area contributed by atoms with Crippen molar-refractivity contribution in [2.45, 2.75) is 19.4 Å². The lowest BCUT2D eigenvalue weighted by Gasteiger charge is -2.36. The molecule has 1 heterocycles. The van der Waals surface area contributed by atoms with Gasteiger partial charge >= 0.3 is 0 Å². The Morgan fingerprint density at radius 2 is 1.62 bits per heavy atom. The summed E-state index contributed by atoms with van der Waals surface area (Å²) in [6.07, 6.45) is -0.0653. The number of hydrogen-bond donors (Lipinski definition) is 1. The summed E-state index contributed by atoms with van der Waals surface area (Å²) in [7, 11) is 1.67.